The highest BCUT2D eigenvalue weighted by molar-refractivity contribution is 7.97. The predicted octanol–water partition coefficient (Wildman–Crippen LogP) is 3.30. The summed E-state index contributed by atoms with van der Waals surface area (Å²) < 4.78 is 5.99. The third-order valence-electron chi connectivity index (χ3n) is 6.09. The summed E-state index contributed by atoms with van der Waals surface area (Å²) in [6.07, 6.45) is 14.2. The van der Waals surface area contributed by atoms with Crippen LogP contribution in [0.15, 0.2) is 41.6 Å². The van der Waals surface area contributed by atoms with E-state index >= 15 is 0 Å². The largest absolute Gasteiger partial charge is 0.361 e. The van der Waals surface area contributed by atoms with Gasteiger partial charge < -0.3 is 9.55 Å². The first-order valence-corrected chi connectivity index (χ1v) is 11.2. The van der Waals surface area contributed by atoms with Gasteiger partial charge in [-0.3, -0.25) is 9.62 Å². The van der Waals surface area contributed by atoms with E-state index in [1.807, 2.05) is 6.20 Å². The highest BCUT2D eigenvalue weighted by Gasteiger charge is 2.25. The minimum Gasteiger partial charge on any atom is -0.361 e. The van der Waals surface area contributed by atoms with Gasteiger partial charge in [0.2, 0.25) is 0 Å². The molecule has 1 aliphatic carbocycles. The molecule has 0 bridgehead atoms. The monoisotopic (exact) mass is 392 g/mol. The topological polar surface area (TPSA) is 36.0 Å². The summed E-state index contributed by atoms with van der Waals surface area (Å²) in [5.41, 5.74) is 2.69. The number of aromatic nitrogens is 2. The van der Waals surface area contributed by atoms with E-state index in [-0.39, 0.29) is 0 Å². The fraction of sp³-hybridized carbons (Fsp3) is 0.391. The van der Waals surface area contributed by atoms with E-state index in [4.69, 9.17) is 0 Å². The Morgan fingerprint density at radius 1 is 1.14 bits per heavy atom. The second-order valence-corrected chi connectivity index (χ2v) is 8.88. The summed E-state index contributed by atoms with van der Waals surface area (Å²) in [5.74, 6) is 0. The van der Waals surface area contributed by atoms with Gasteiger partial charge in [-0.05, 0) is 79.9 Å². The molecule has 1 aliphatic heterocycles. The van der Waals surface area contributed by atoms with Crippen LogP contribution in [0.5, 0.6) is 0 Å². The van der Waals surface area contributed by atoms with E-state index in [9.17, 15) is 0 Å². The number of benzene rings is 1. The molecule has 1 atom stereocenters. The number of H-pyrrole nitrogens is 1. The summed E-state index contributed by atoms with van der Waals surface area (Å²) in [7, 11) is 2.19. The van der Waals surface area contributed by atoms with Crippen LogP contribution in [0.1, 0.15) is 37.3 Å². The molecule has 28 heavy (non-hydrogen) atoms. The number of aryl methyl sites for hydroxylation is 1. The van der Waals surface area contributed by atoms with Crippen LogP contribution in [0.25, 0.3) is 23.1 Å². The van der Waals surface area contributed by atoms with Crippen LogP contribution in [0.2, 0.25) is 0 Å². The van der Waals surface area contributed by atoms with Crippen molar-refractivity contribution in [3.8, 4) is 0 Å². The fourth-order valence-corrected chi connectivity index (χ4v) is 5.38. The molecule has 4 nitrogen and oxygen atoms in total. The van der Waals surface area contributed by atoms with E-state index in [1.165, 1.54) is 57.9 Å². The summed E-state index contributed by atoms with van der Waals surface area (Å²) in [6.45, 7) is 3.37. The molecule has 1 unspecified atom stereocenters. The number of hydrogen-bond donors (Lipinski definition) is 2. The van der Waals surface area contributed by atoms with Crippen LogP contribution in [0.4, 0.5) is 0 Å². The second-order valence-electron chi connectivity index (χ2n) is 7.92. The number of nitrogens with zero attached hydrogens (tertiary/aromatic N) is 2. The Bertz CT molecular complexity index is 1090. The van der Waals surface area contributed by atoms with Crippen LogP contribution in [0, 0.1) is 0 Å². The average Bonchev–Trinajstić information content (AvgIpc) is 3.46. The molecule has 1 fully saturated rings. The number of aromatic amines is 1. The van der Waals surface area contributed by atoms with Gasteiger partial charge in [0.15, 0.2) is 0 Å². The summed E-state index contributed by atoms with van der Waals surface area (Å²) in [6, 6.07) is 9.16. The highest BCUT2D eigenvalue weighted by atomic mass is 32.2. The molecule has 5 rings (SSSR count). The Kier molecular flexibility index (Phi) is 5.05. The number of nitrogens with one attached hydrogen (secondary N) is 2. The standard InChI is InChI=1S/C23H28N4S/c1-26-16-20(19-6-2-3-7-22(19)26)23(27-12-4-5-13-27)15-25-28-18-9-8-17-10-11-24-21(17)14-18/h6-11,14,16,23-25H,2-5,12-13,15H2,1H3. The molecule has 1 saturated heterocycles. The Hall–Kier alpha value is -1.95. The van der Waals surface area contributed by atoms with E-state index in [0.29, 0.717) is 6.04 Å². The van der Waals surface area contributed by atoms with Crippen LogP contribution in [0.3, 0.4) is 0 Å². The zero-order valence-corrected chi connectivity index (χ0v) is 17.3. The maximum atomic E-state index is 3.68. The van der Waals surface area contributed by atoms with Crippen molar-refractivity contribution in [2.45, 2.75) is 36.6 Å². The van der Waals surface area contributed by atoms with E-state index in [1.54, 1.807) is 11.9 Å². The smallest absolute Gasteiger partial charge is 0.0503 e. The summed E-state index contributed by atoms with van der Waals surface area (Å²) >= 11 is 1.74. The van der Waals surface area contributed by atoms with Gasteiger partial charge in [-0.2, -0.15) is 0 Å². The van der Waals surface area contributed by atoms with Crippen molar-refractivity contribution in [2.75, 3.05) is 19.6 Å². The lowest BCUT2D eigenvalue weighted by Crippen LogP contribution is -2.38. The van der Waals surface area contributed by atoms with Crippen molar-refractivity contribution in [3.05, 3.63) is 52.8 Å². The van der Waals surface area contributed by atoms with Crippen LogP contribution in [-0.4, -0.2) is 34.1 Å². The van der Waals surface area contributed by atoms with Crippen molar-refractivity contribution in [1.29, 1.82) is 0 Å². The minimum atomic E-state index is 0.432. The van der Waals surface area contributed by atoms with Gasteiger partial charge >= 0.3 is 0 Å². The fourth-order valence-electron chi connectivity index (χ4n) is 4.66. The van der Waals surface area contributed by atoms with Crippen LogP contribution in [-0.2, 0) is 7.05 Å². The average molecular weight is 393 g/mol. The Labute approximate surface area is 170 Å². The molecule has 2 aromatic heterocycles. The highest BCUT2D eigenvalue weighted by Crippen LogP contribution is 2.25. The Morgan fingerprint density at radius 3 is 2.89 bits per heavy atom. The van der Waals surface area contributed by atoms with E-state index in [0.717, 1.165) is 19.4 Å². The third-order valence-corrected chi connectivity index (χ3v) is 6.89. The summed E-state index contributed by atoms with van der Waals surface area (Å²) in [4.78, 5) is 7.23. The number of hydrogen-bond acceptors (Lipinski definition) is 3. The van der Waals surface area contributed by atoms with Crippen molar-refractivity contribution >= 4 is 35.0 Å². The van der Waals surface area contributed by atoms with Crippen molar-refractivity contribution in [2.24, 2.45) is 7.05 Å². The molecular weight excluding hydrogens is 364 g/mol. The van der Waals surface area contributed by atoms with Crippen LogP contribution < -0.4 is 15.3 Å². The lowest BCUT2D eigenvalue weighted by Gasteiger charge is -2.27. The summed E-state index contributed by atoms with van der Waals surface area (Å²) in [5, 5.41) is 4.13. The second kappa shape index (κ2) is 7.82. The normalized spacial score (nSPS) is 18.0. The first kappa shape index (κ1) is 18.1. The molecular formula is C23H28N4S. The molecule has 2 aliphatic rings. The first-order valence-electron chi connectivity index (χ1n) is 10.4. The van der Waals surface area contributed by atoms with Gasteiger partial charge in [-0.1, -0.05) is 18.2 Å². The van der Waals surface area contributed by atoms with Gasteiger partial charge in [0.25, 0.3) is 0 Å². The quantitative estimate of drug-likeness (QED) is 0.632. The Morgan fingerprint density at radius 2 is 2.00 bits per heavy atom. The molecule has 0 amide bonds. The first-order chi connectivity index (χ1) is 13.8. The van der Waals surface area contributed by atoms with Gasteiger partial charge in [-0.15, -0.1) is 0 Å². The minimum absolute atomic E-state index is 0.432. The van der Waals surface area contributed by atoms with Crippen molar-refractivity contribution < 1.29 is 0 Å². The predicted molar refractivity (Wildman–Crippen MR) is 119 cm³/mol. The SMILES string of the molecule is Cn1cc(C(CNSc2ccc3cc[nH]c3c2)N2CCCC2)c2c1=CCCC=2. The van der Waals surface area contributed by atoms with E-state index in [2.05, 4.69) is 68.8 Å². The maximum absolute atomic E-state index is 3.68. The zero-order valence-electron chi connectivity index (χ0n) is 16.4. The molecule has 0 radical (unpaired) electrons. The molecule has 5 heteroatoms. The Balaban J connectivity index is 1.37. The van der Waals surface area contributed by atoms with Crippen LogP contribution >= 0.6 is 11.9 Å². The molecule has 2 N–H and O–H groups in total. The number of rotatable bonds is 6. The maximum Gasteiger partial charge on any atom is 0.0503 e. The molecule has 3 heterocycles. The van der Waals surface area contributed by atoms with Crippen molar-refractivity contribution in [3.63, 3.8) is 0 Å². The lowest BCUT2D eigenvalue weighted by molar-refractivity contribution is 0.247. The number of likely N-dealkylation sites (tertiary alicyclic amines) is 1. The van der Waals surface area contributed by atoms with E-state index < -0.39 is 0 Å². The molecule has 3 aromatic rings. The van der Waals surface area contributed by atoms with Gasteiger partial charge in [0.05, 0.1) is 6.04 Å². The van der Waals surface area contributed by atoms with Gasteiger partial charge in [0.1, 0.15) is 0 Å². The molecule has 146 valence electrons. The van der Waals surface area contributed by atoms with Gasteiger partial charge in [0, 0.05) is 47.0 Å². The lowest BCUT2D eigenvalue weighted by atomic mass is 10.0. The van der Waals surface area contributed by atoms with Crippen molar-refractivity contribution in [1.82, 2.24) is 19.2 Å². The molecule has 0 saturated carbocycles. The number of fused-ring (bicyclic) bond motifs is 2. The molecule has 0 spiro atoms. The van der Waals surface area contributed by atoms with Gasteiger partial charge in [-0.25, -0.2) is 0 Å². The zero-order chi connectivity index (χ0) is 18.9. The molecule has 1 aromatic carbocycles. The third kappa shape index (κ3) is 3.43.